The highest BCUT2D eigenvalue weighted by Crippen LogP contribution is 2.44. The van der Waals surface area contributed by atoms with E-state index in [2.05, 4.69) is 51.5 Å². The summed E-state index contributed by atoms with van der Waals surface area (Å²) in [5.41, 5.74) is 4.09. The van der Waals surface area contributed by atoms with Gasteiger partial charge in [0.2, 0.25) is 10.0 Å². The Morgan fingerprint density at radius 1 is 1.18 bits per heavy atom. The molecule has 1 atom stereocenters. The number of rotatable bonds is 5. The number of aromatic nitrogens is 4. The molecule has 0 bridgehead atoms. The highest BCUT2D eigenvalue weighted by molar-refractivity contribution is 7.91. The minimum absolute atomic E-state index is 0.0588. The van der Waals surface area contributed by atoms with Crippen molar-refractivity contribution in [2.45, 2.75) is 49.8 Å². The maximum absolute atomic E-state index is 12.6. The number of tetrazole rings is 1. The monoisotopic (exact) mass is 466 g/mol. The highest BCUT2D eigenvalue weighted by atomic mass is 32.2. The van der Waals surface area contributed by atoms with Crippen LogP contribution < -0.4 is 10.0 Å². The molecule has 1 saturated carbocycles. The molecule has 0 saturated heterocycles. The van der Waals surface area contributed by atoms with Gasteiger partial charge in [0.25, 0.3) is 5.91 Å². The lowest BCUT2D eigenvalue weighted by Gasteiger charge is -2.39. The van der Waals surface area contributed by atoms with E-state index in [0.717, 1.165) is 28.8 Å². The number of fused-ring (bicyclic) bond motifs is 1. The molecule has 2 heterocycles. The second kappa shape index (κ2) is 7.65. The molecule has 10 heteroatoms. The summed E-state index contributed by atoms with van der Waals surface area (Å²) in [6.45, 7) is 4.28. The second-order valence-electron chi connectivity index (χ2n) is 9.47. The van der Waals surface area contributed by atoms with Crippen LogP contribution in [0.1, 0.15) is 60.6 Å². The summed E-state index contributed by atoms with van der Waals surface area (Å²) in [7, 11) is -1.78. The minimum Gasteiger partial charge on any atom is -0.378 e. The van der Waals surface area contributed by atoms with Crippen LogP contribution in [0.15, 0.2) is 42.5 Å². The van der Waals surface area contributed by atoms with Gasteiger partial charge in [0.15, 0.2) is 5.82 Å². The van der Waals surface area contributed by atoms with E-state index >= 15 is 0 Å². The number of nitrogens with one attached hydrogen (secondary N) is 2. The molecule has 33 heavy (non-hydrogen) atoms. The molecular weight excluding hydrogens is 440 g/mol. The van der Waals surface area contributed by atoms with Crippen molar-refractivity contribution >= 4 is 21.6 Å². The molecule has 1 fully saturated rings. The number of hydrogen-bond donors (Lipinski definition) is 2. The molecule has 2 N–H and O–H groups in total. The van der Waals surface area contributed by atoms with Crippen molar-refractivity contribution in [3.8, 4) is 11.4 Å². The molecule has 9 nitrogen and oxygen atoms in total. The van der Waals surface area contributed by atoms with Crippen molar-refractivity contribution in [2.24, 2.45) is 7.05 Å². The van der Waals surface area contributed by atoms with Gasteiger partial charge in [0.05, 0.1) is 11.3 Å². The number of hydrogen-bond acceptors (Lipinski definition) is 7. The second-order valence-corrected chi connectivity index (χ2v) is 11.4. The summed E-state index contributed by atoms with van der Waals surface area (Å²) in [4.78, 5) is 12.6. The number of amides is 1. The number of carbonyl (C=O) groups excluding carboxylic acids is 1. The Kier molecular flexibility index (Phi) is 5.00. The molecule has 1 amide bonds. The van der Waals surface area contributed by atoms with Crippen molar-refractivity contribution in [2.75, 3.05) is 5.32 Å². The van der Waals surface area contributed by atoms with Gasteiger partial charge in [-0.15, -0.1) is 5.10 Å². The van der Waals surface area contributed by atoms with Gasteiger partial charge in [0.1, 0.15) is 0 Å². The first kappa shape index (κ1) is 21.6. The number of benzene rings is 2. The van der Waals surface area contributed by atoms with Gasteiger partial charge in [-0.05, 0) is 70.5 Å². The Morgan fingerprint density at radius 2 is 1.97 bits per heavy atom. The molecule has 1 aliphatic carbocycles. The number of carbonyl (C=O) groups is 1. The van der Waals surface area contributed by atoms with E-state index in [1.54, 1.807) is 16.8 Å². The molecule has 1 unspecified atom stereocenters. The van der Waals surface area contributed by atoms with Crippen LogP contribution in [0, 0.1) is 0 Å². The van der Waals surface area contributed by atoms with Crippen LogP contribution in [0.3, 0.4) is 0 Å². The van der Waals surface area contributed by atoms with Gasteiger partial charge in [-0.2, -0.15) is 0 Å². The molecule has 2 aromatic carbocycles. The lowest BCUT2D eigenvalue weighted by Crippen LogP contribution is -2.34. The van der Waals surface area contributed by atoms with E-state index in [9.17, 15) is 13.2 Å². The van der Waals surface area contributed by atoms with Crippen LogP contribution >= 0.6 is 0 Å². The van der Waals surface area contributed by atoms with Gasteiger partial charge < -0.3 is 5.32 Å². The Morgan fingerprint density at radius 3 is 2.67 bits per heavy atom. The van der Waals surface area contributed by atoms with Crippen LogP contribution in [-0.4, -0.2) is 39.8 Å². The standard InChI is InChI=1S/C23H26N6O3S/c1-23(2)13-20(14-5-4-6-15(11-14)21-25-27-28-29(21)3)24-19-10-7-16(12-18(19)23)22(30)26-33(31,32)17-8-9-17/h4-7,10-12,17,20,24H,8-9,13H2,1-3H3,(H,26,30). The first-order valence-corrected chi connectivity index (χ1v) is 12.5. The Bertz CT molecular complexity index is 1340. The molecule has 1 aromatic heterocycles. The third kappa shape index (κ3) is 4.10. The summed E-state index contributed by atoms with van der Waals surface area (Å²) >= 11 is 0. The van der Waals surface area contributed by atoms with E-state index in [4.69, 9.17) is 0 Å². The van der Waals surface area contributed by atoms with Crippen LogP contribution in [0.25, 0.3) is 11.4 Å². The molecular formula is C23H26N6O3S. The van der Waals surface area contributed by atoms with Gasteiger partial charge in [-0.3, -0.25) is 4.79 Å². The van der Waals surface area contributed by atoms with E-state index in [1.165, 1.54) is 0 Å². The molecule has 5 rings (SSSR count). The lowest BCUT2D eigenvalue weighted by molar-refractivity contribution is 0.0981. The summed E-state index contributed by atoms with van der Waals surface area (Å²) in [5, 5.41) is 14.9. The van der Waals surface area contributed by atoms with E-state index in [-0.39, 0.29) is 11.5 Å². The molecule has 172 valence electrons. The van der Waals surface area contributed by atoms with Crippen molar-refractivity contribution in [1.29, 1.82) is 0 Å². The van der Waals surface area contributed by atoms with Crippen LogP contribution in [-0.2, 0) is 22.5 Å². The SMILES string of the molecule is Cn1nnnc1-c1cccc(C2CC(C)(C)c3cc(C(=O)NS(=O)(=O)C4CC4)ccc3N2)c1. The highest BCUT2D eigenvalue weighted by Gasteiger charge is 2.38. The smallest absolute Gasteiger partial charge is 0.264 e. The first-order chi connectivity index (χ1) is 15.6. The van der Waals surface area contributed by atoms with Crippen molar-refractivity contribution in [1.82, 2.24) is 24.9 Å². The molecule has 3 aromatic rings. The minimum atomic E-state index is -3.59. The molecule has 0 radical (unpaired) electrons. The summed E-state index contributed by atoms with van der Waals surface area (Å²) in [6, 6.07) is 13.5. The normalized spacial score (nSPS) is 19.4. The maximum Gasteiger partial charge on any atom is 0.264 e. The lowest BCUT2D eigenvalue weighted by atomic mass is 9.73. The van der Waals surface area contributed by atoms with Gasteiger partial charge >= 0.3 is 0 Å². The van der Waals surface area contributed by atoms with Crippen molar-refractivity contribution in [3.05, 3.63) is 59.2 Å². The van der Waals surface area contributed by atoms with E-state index in [0.29, 0.717) is 24.2 Å². The van der Waals surface area contributed by atoms with Crippen molar-refractivity contribution in [3.63, 3.8) is 0 Å². The largest absolute Gasteiger partial charge is 0.378 e. The number of sulfonamides is 1. The van der Waals surface area contributed by atoms with E-state index < -0.39 is 21.2 Å². The quantitative estimate of drug-likeness (QED) is 0.593. The third-order valence-corrected chi connectivity index (χ3v) is 8.24. The summed E-state index contributed by atoms with van der Waals surface area (Å²) in [6.07, 6.45) is 2.02. The predicted octanol–water partition coefficient (Wildman–Crippen LogP) is 2.93. The molecule has 2 aliphatic rings. The Labute approximate surface area is 192 Å². The summed E-state index contributed by atoms with van der Waals surface area (Å²) in [5.74, 6) is 0.122. The third-order valence-electron chi connectivity index (χ3n) is 6.42. The number of anilines is 1. The van der Waals surface area contributed by atoms with Gasteiger partial charge in [-0.1, -0.05) is 32.0 Å². The Hall–Kier alpha value is -3.27. The van der Waals surface area contributed by atoms with Crippen LogP contribution in [0.4, 0.5) is 5.69 Å². The number of aryl methyl sites for hydroxylation is 1. The van der Waals surface area contributed by atoms with Gasteiger partial charge in [0, 0.05) is 23.9 Å². The zero-order valence-corrected chi connectivity index (χ0v) is 19.6. The zero-order valence-electron chi connectivity index (χ0n) is 18.7. The topological polar surface area (TPSA) is 119 Å². The fraction of sp³-hybridized carbons (Fsp3) is 0.391. The summed E-state index contributed by atoms with van der Waals surface area (Å²) < 4.78 is 28.2. The van der Waals surface area contributed by atoms with Crippen LogP contribution in [0.5, 0.6) is 0 Å². The number of nitrogens with zero attached hydrogens (tertiary/aromatic N) is 4. The molecule has 0 spiro atoms. The zero-order chi connectivity index (χ0) is 23.4. The average Bonchev–Trinajstić information content (AvgIpc) is 3.55. The average molecular weight is 467 g/mol. The van der Waals surface area contributed by atoms with Crippen molar-refractivity contribution < 1.29 is 13.2 Å². The van der Waals surface area contributed by atoms with Crippen LogP contribution in [0.2, 0.25) is 0 Å². The van der Waals surface area contributed by atoms with Gasteiger partial charge in [-0.25, -0.2) is 17.8 Å². The fourth-order valence-electron chi connectivity index (χ4n) is 4.45. The molecule has 1 aliphatic heterocycles. The fourth-order valence-corrected chi connectivity index (χ4v) is 5.75. The first-order valence-electron chi connectivity index (χ1n) is 10.9. The predicted molar refractivity (Wildman–Crippen MR) is 124 cm³/mol. The van der Waals surface area contributed by atoms with E-state index in [1.807, 2.05) is 25.2 Å². The maximum atomic E-state index is 12.6. The Balaban J connectivity index is 1.42.